The fourth-order valence-electron chi connectivity index (χ4n) is 1.48. The van der Waals surface area contributed by atoms with Crippen LogP contribution < -0.4 is 14.2 Å². The third-order valence-corrected chi connectivity index (χ3v) is 2.37. The molecular weight excluding hydrogens is 224 g/mol. The average Bonchev–Trinajstić information content (AvgIpc) is 2.81. The number of ether oxygens (including phenoxy) is 4. The number of rotatable bonds is 5. The van der Waals surface area contributed by atoms with Crippen LogP contribution >= 0.6 is 0 Å². The summed E-state index contributed by atoms with van der Waals surface area (Å²) >= 11 is 0. The third-order valence-electron chi connectivity index (χ3n) is 2.37. The van der Waals surface area contributed by atoms with Gasteiger partial charge in [-0.1, -0.05) is 0 Å². The van der Waals surface area contributed by atoms with Crippen molar-refractivity contribution in [2.75, 3.05) is 20.5 Å². The molecule has 17 heavy (non-hydrogen) atoms. The molecule has 0 amide bonds. The van der Waals surface area contributed by atoms with Gasteiger partial charge in [0.15, 0.2) is 11.5 Å². The van der Waals surface area contributed by atoms with Crippen LogP contribution in [0.5, 0.6) is 17.2 Å². The molecule has 1 aliphatic rings. The van der Waals surface area contributed by atoms with E-state index in [0.29, 0.717) is 30.9 Å². The average molecular weight is 238 g/mol. The zero-order chi connectivity index (χ0) is 12.1. The van der Waals surface area contributed by atoms with Crippen molar-refractivity contribution >= 4 is 5.97 Å². The summed E-state index contributed by atoms with van der Waals surface area (Å²) in [6.45, 7) is 0.718. The lowest BCUT2D eigenvalue weighted by atomic mass is 10.3. The van der Waals surface area contributed by atoms with E-state index in [-0.39, 0.29) is 12.8 Å². The Morgan fingerprint density at radius 1 is 1.35 bits per heavy atom. The Hall–Kier alpha value is -1.91. The minimum atomic E-state index is -0.223. The number of benzene rings is 1. The van der Waals surface area contributed by atoms with E-state index >= 15 is 0 Å². The van der Waals surface area contributed by atoms with Crippen LogP contribution in [0.1, 0.15) is 12.8 Å². The van der Waals surface area contributed by atoms with Crippen LogP contribution in [0.4, 0.5) is 0 Å². The number of esters is 1. The lowest BCUT2D eigenvalue weighted by molar-refractivity contribution is -0.140. The van der Waals surface area contributed by atoms with Crippen LogP contribution in [-0.2, 0) is 9.53 Å². The van der Waals surface area contributed by atoms with E-state index in [9.17, 15) is 4.79 Å². The fraction of sp³-hybridized carbons (Fsp3) is 0.417. The number of hydrogen-bond donors (Lipinski definition) is 0. The van der Waals surface area contributed by atoms with E-state index in [0.717, 1.165) is 5.75 Å². The van der Waals surface area contributed by atoms with Crippen molar-refractivity contribution < 1.29 is 23.7 Å². The number of hydrogen-bond acceptors (Lipinski definition) is 5. The van der Waals surface area contributed by atoms with Crippen LogP contribution in [0.3, 0.4) is 0 Å². The summed E-state index contributed by atoms with van der Waals surface area (Å²) in [7, 11) is 1.38. The second-order valence-electron chi connectivity index (χ2n) is 3.54. The summed E-state index contributed by atoms with van der Waals surface area (Å²) in [6.07, 6.45) is 0.988. The summed E-state index contributed by atoms with van der Waals surface area (Å²) in [5.74, 6) is 1.90. The van der Waals surface area contributed by atoms with Gasteiger partial charge < -0.3 is 18.9 Å². The second kappa shape index (κ2) is 5.43. The smallest absolute Gasteiger partial charge is 0.305 e. The molecule has 0 saturated carbocycles. The molecule has 5 heteroatoms. The summed E-state index contributed by atoms with van der Waals surface area (Å²) in [6, 6.07) is 5.39. The highest BCUT2D eigenvalue weighted by molar-refractivity contribution is 5.69. The quantitative estimate of drug-likeness (QED) is 0.577. The minimum Gasteiger partial charge on any atom is -0.493 e. The SMILES string of the molecule is COC(=O)CCCOc1ccc2c(c1)OCO2. The Kier molecular flexibility index (Phi) is 3.69. The monoisotopic (exact) mass is 238 g/mol. The minimum absolute atomic E-state index is 0.223. The highest BCUT2D eigenvalue weighted by Gasteiger charge is 2.13. The maximum absolute atomic E-state index is 10.9. The van der Waals surface area contributed by atoms with Gasteiger partial charge in [0.2, 0.25) is 6.79 Å². The molecular formula is C12H14O5. The molecule has 0 saturated heterocycles. The Morgan fingerprint density at radius 2 is 2.18 bits per heavy atom. The number of carbonyl (C=O) groups excluding carboxylic acids is 1. The summed E-state index contributed by atoms with van der Waals surface area (Å²) in [5.41, 5.74) is 0. The van der Waals surface area contributed by atoms with Gasteiger partial charge >= 0.3 is 5.97 Å². The van der Waals surface area contributed by atoms with Gasteiger partial charge in [-0.25, -0.2) is 0 Å². The van der Waals surface area contributed by atoms with Gasteiger partial charge in [-0.2, -0.15) is 0 Å². The van der Waals surface area contributed by atoms with Crippen LogP contribution in [0, 0.1) is 0 Å². The van der Waals surface area contributed by atoms with Crippen molar-refractivity contribution in [2.45, 2.75) is 12.8 Å². The van der Waals surface area contributed by atoms with Gasteiger partial charge in [0.05, 0.1) is 13.7 Å². The van der Waals surface area contributed by atoms with Gasteiger partial charge in [0.1, 0.15) is 5.75 Å². The summed E-state index contributed by atoms with van der Waals surface area (Å²) in [4.78, 5) is 10.9. The first kappa shape index (κ1) is 11.6. The second-order valence-corrected chi connectivity index (χ2v) is 3.54. The molecule has 1 aliphatic heterocycles. The molecule has 0 radical (unpaired) electrons. The topological polar surface area (TPSA) is 54.0 Å². The molecule has 0 fully saturated rings. The molecule has 92 valence electrons. The standard InChI is InChI=1S/C12H14O5/c1-14-12(13)3-2-6-15-9-4-5-10-11(7-9)17-8-16-10/h4-5,7H,2-3,6,8H2,1H3. The first-order valence-electron chi connectivity index (χ1n) is 5.39. The molecule has 0 N–H and O–H groups in total. The van der Waals surface area contributed by atoms with E-state index in [4.69, 9.17) is 14.2 Å². The molecule has 1 aromatic carbocycles. The molecule has 0 aromatic heterocycles. The molecule has 1 aromatic rings. The van der Waals surface area contributed by atoms with Gasteiger partial charge in [-0.3, -0.25) is 4.79 Å². The van der Waals surface area contributed by atoms with Gasteiger partial charge in [0, 0.05) is 12.5 Å². The van der Waals surface area contributed by atoms with E-state index < -0.39 is 0 Å². The Labute approximate surface area is 99.2 Å². The molecule has 0 bridgehead atoms. The summed E-state index contributed by atoms with van der Waals surface area (Å²) in [5, 5.41) is 0. The molecule has 0 spiro atoms. The predicted octanol–water partition coefficient (Wildman–Crippen LogP) is 1.75. The third kappa shape index (κ3) is 3.03. The molecule has 0 aliphatic carbocycles. The maximum atomic E-state index is 10.9. The van der Waals surface area contributed by atoms with Gasteiger partial charge in [-0.05, 0) is 18.6 Å². The van der Waals surface area contributed by atoms with Gasteiger partial charge in [0.25, 0.3) is 0 Å². The van der Waals surface area contributed by atoms with E-state index in [1.165, 1.54) is 7.11 Å². The van der Waals surface area contributed by atoms with E-state index in [1.54, 1.807) is 12.1 Å². The van der Waals surface area contributed by atoms with Crippen molar-refractivity contribution in [1.82, 2.24) is 0 Å². The molecule has 5 nitrogen and oxygen atoms in total. The Balaban J connectivity index is 1.78. The normalized spacial score (nSPS) is 12.3. The molecule has 2 rings (SSSR count). The predicted molar refractivity (Wildman–Crippen MR) is 59.3 cm³/mol. The number of fused-ring (bicyclic) bond motifs is 1. The maximum Gasteiger partial charge on any atom is 0.305 e. The Morgan fingerprint density at radius 3 is 3.00 bits per heavy atom. The number of carbonyl (C=O) groups is 1. The first-order chi connectivity index (χ1) is 8.29. The molecule has 0 unspecified atom stereocenters. The summed E-state index contributed by atoms with van der Waals surface area (Å²) < 4.78 is 20.4. The molecule has 0 atom stereocenters. The first-order valence-corrected chi connectivity index (χ1v) is 5.39. The van der Waals surface area contributed by atoms with Crippen molar-refractivity contribution in [3.05, 3.63) is 18.2 Å². The van der Waals surface area contributed by atoms with E-state index in [2.05, 4.69) is 4.74 Å². The van der Waals surface area contributed by atoms with Crippen LogP contribution in [0.25, 0.3) is 0 Å². The van der Waals surface area contributed by atoms with Crippen LogP contribution in [0.2, 0.25) is 0 Å². The number of methoxy groups -OCH3 is 1. The highest BCUT2D eigenvalue weighted by Crippen LogP contribution is 2.35. The fourth-order valence-corrected chi connectivity index (χ4v) is 1.48. The lowest BCUT2D eigenvalue weighted by Crippen LogP contribution is -2.04. The van der Waals surface area contributed by atoms with Crippen molar-refractivity contribution in [1.29, 1.82) is 0 Å². The zero-order valence-electron chi connectivity index (χ0n) is 9.60. The van der Waals surface area contributed by atoms with E-state index in [1.807, 2.05) is 6.07 Å². The van der Waals surface area contributed by atoms with Crippen molar-refractivity contribution in [3.63, 3.8) is 0 Å². The van der Waals surface area contributed by atoms with Crippen molar-refractivity contribution in [2.24, 2.45) is 0 Å². The molecule has 1 heterocycles. The van der Waals surface area contributed by atoms with Crippen molar-refractivity contribution in [3.8, 4) is 17.2 Å². The van der Waals surface area contributed by atoms with Crippen LogP contribution in [0.15, 0.2) is 18.2 Å². The zero-order valence-corrected chi connectivity index (χ0v) is 9.60. The lowest BCUT2D eigenvalue weighted by Gasteiger charge is -2.06. The van der Waals surface area contributed by atoms with Gasteiger partial charge in [-0.15, -0.1) is 0 Å². The largest absolute Gasteiger partial charge is 0.493 e. The van der Waals surface area contributed by atoms with Crippen LogP contribution in [-0.4, -0.2) is 26.5 Å². The Bertz CT molecular complexity index is 402. The highest BCUT2D eigenvalue weighted by atomic mass is 16.7.